The fourth-order valence-electron chi connectivity index (χ4n) is 2.87. The predicted molar refractivity (Wildman–Crippen MR) is 94.0 cm³/mol. The number of aryl methyl sites for hydroxylation is 1. The van der Waals surface area contributed by atoms with E-state index in [9.17, 15) is 14.7 Å². The maximum absolute atomic E-state index is 12.4. The summed E-state index contributed by atoms with van der Waals surface area (Å²) in [5.41, 5.74) is 1.99. The molecular formula is C17H24N2O3S. The Balaban J connectivity index is 1.94. The van der Waals surface area contributed by atoms with Gasteiger partial charge in [-0.2, -0.15) is 11.8 Å². The lowest BCUT2D eigenvalue weighted by Gasteiger charge is -2.34. The first-order valence-electron chi connectivity index (χ1n) is 7.86. The highest BCUT2D eigenvalue weighted by molar-refractivity contribution is 7.98. The van der Waals surface area contributed by atoms with E-state index in [4.69, 9.17) is 0 Å². The van der Waals surface area contributed by atoms with Crippen LogP contribution >= 0.6 is 11.8 Å². The summed E-state index contributed by atoms with van der Waals surface area (Å²) in [6.45, 7) is 2.86. The minimum atomic E-state index is -0.826. The van der Waals surface area contributed by atoms with Gasteiger partial charge in [-0.1, -0.05) is 19.1 Å². The van der Waals surface area contributed by atoms with Gasteiger partial charge in [-0.15, -0.1) is 0 Å². The zero-order chi connectivity index (χ0) is 16.8. The van der Waals surface area contributed by atoms with Gasteiger partial charge in [0.05, 0.1) is 5.92 Å². The first-order valence-corrected chi connectivity index (χ1v) is 9.25. The Hall–Kier alpha value is -1.69. The number of nitrogens with one attached hydrogen (secondary N) is 1. The third-order valence-corrected chi connectivity index (χ3v) is 4.71. The third kappa shape index (κ3) is 5.16. The van der Waals surface area contributed by atoms with Crippen molar-refractivity contribution in [2.75, 3.05) is 30.4 Å². The van der Waals surface area contributed by atoms with Crippen molar-refractivity contribution in [3.63, 3.8) is 0 Å². The highest BCUT2D eigenvalue weighted by Gasteiger charge is 2.31. The van der Waals surface area contributed by atoms with Crippen LogP contribution in [-0.4, -0.2) is 47.1 Å². The summed E-state index contributed by atoms with van der Waals surface area (Å²) < 4.78 is 0. The molecule has 2 rings (SSSR count). The first kappa shape index (κ1) is 17.7. The number of piperidine rings is 1. The van der Waals surface area contributed by atoms with Crippen LogP contribution in [0.1, 0.15) is 18.9 Å². The van der Waals surface area contributed by atoms with E-state index in [0.717, 1.165) is 17.9 Å². The van der Waals surface area contributed by atoms with Crippen molar-refractivity contribution < 1.29 is 14.7 Å². The fourth-order valence-corrected chi connectivity index (χ4v) is 3.31. The SMILES string of the molecule is CSCCc1ccc(NC(=O)N2CC(C)CC(C(=O)O)C2)cc1. The topological polar surface area (TPSA) is 69.6 Å². The molecule has 1 aliphatic rings. The molecule has 0 bridgehead atoms. The summed E-state index contributed by atoms with van der Waals surface area (Å²) in [5.74, 6) is -0.0241. The minimum Gasteiger partial charge on any atom is -0.481 e. The average molecular weight is 336 g/mol. The molecule has 0 aromatic heterocycles. The number of rotatable bonds is 5. The maximum atomic E-state index is 12.4. The summed E-state index contributed by atoms with van der Waals surface area (Å²) in [7, 11) is 0. The van der Waals surface area contributed by atoms with Gasteiger partial charge in [0.15, 0.2) is 0 Å². The Morgan fingerprint density at radius 1 is 1.30 bits per heavy atom. The van der Waals surface area contributed by atoms with Crippen molar-refractivity contribution in [3.05, 3.63) is 29.8 Å². The normalized spacial score (nSPS) is 21.0. The van der Waals surface area contributed by atoms with E-state index >= 15 is 0 Å². The second kappa shape index (κ2) is 8.24. The van der Waals surface area contributed by atoms with Crippen LogP contribution in [0.4, 0.5) is 10.5 Å². The Labute approximate surface area is 141 Å². The summed E-state index contributed by atoms with van der Waals surface area (Å²) >= 11 is 1.81. The molecule has 2 N–H and O–H groups in total. The van der Waals surface area contributed by atoms with E-state index in [1.165, 1.54) is 5.56 Å². The molecule has 126 valence electrons. The molecule has 1 aliphatic heterocycles. The molecule has 6 heteroatoms. The molecule has 2 unspecified atom stereocenters. The van der Waals surface area contributed by atoms with Crippen LogP contribution in [0.2, 0.25) is 0 Å². The summed E-state index contributed by atoms with van der Waals surface area (Å²) in [5, 5.41) is 12.1. The number of benzene rings is 1. The molecule has 0 saturated carbocycles. The lowest BCUT2D eigenvalue weighted by molar-refractivity contribution is -0.143. The van der Waals surface area contributed by atoms with Gasteiger partial charge < -0.3 is 15.3 Å². The van der Waals surface area contributed by atoms with E-state index in [2.05, 4.69) is 11.6 Å². The van der Waals surface area contributed by atoms with Gasteiger partial charge in [0.2, 0.25) is 0 Å². The zero-order valence-electron chi connectivity index (χ0n) is 13.6. The second-order valence-corrected chi connectivity index (χ2v) is 7.14. The Bertz CT molecular complexity index is 547. The van der Waals surface area contributed by atoms with Crippen LogP contribution in [0.25, 0.3) is 0 Å². The molecule has 0 aliphatic carbocycles. The zero-order valence-corrected chi connectivity index (χ0v) is 14.4. The second-order valence-electron chi connectivity index (χ2n) is 6.15. The summed E-state index contributed by atoms with van der Waals surface area (Å²) in [6, 6.07) is 7.61. The Morgan fingerprint density at radius 2 is 2.00 bits per heavy atom. The van der Waals surface area contributed by atoms with Crippen LogP contribution in [0.5, 0.6) is 0 Å². The van der Waals surface area contributed by atoms with Gasteiger partial charge in [-0.05, 0) is 48.5 Å². The number of anilines is 1. The van der Waals surface area contributed by atoms with E-state index < -0.39 is 11.9 Å². The standard InChI is InChI=1S/C17H24N2O3S/c1-12-9-14(16(20)21)11-19(10-12)17(22)18-15-5-3-13(4-6-15)7-8-23-2/h3-6,12,14H,7-11H2,1-2H3,(H,18,22)(H,20,21). The van der Waals surface area contributed by atoms with E-state index in [1.807, 2.05) is 43.0 Å². The predicted octanol–water partition coefficient (Wildman–Crippen LogP) is 3.17. The number of thioether (sulfide) groups is 1. The number of carbonyl (C=O) groups excluding carboxylic acids is 1. The molecule has 1 aromatic carbocycles. The number of amides is 2. The molecule has 1 aromatic rings. The molecule has 2 amide bonds. The molecule has 23 heavy (non-hydrogen) atoms. The molecule has 5 nitrogen and oxygen atoms in total. The van der Waals surface area contributed by atoms with Gasteiger partial charge in [-0.25, -0.2) is 4.79 Å². The van der Waals surface area contributed by atoms with Crippen molar-refractivity contribution in [2.45, 2.75) is 19.8 Å². The highest BCUT2D eigenvalue weighted by Crippen LogP contribution is 2.22. The summed E-state index contributed by atoms with van der Waals surface area (Å²) in [4.78, 5) is 25.2. The lowest BCUT2D eigenvalue weighted by Crippen LogP contribution is -2.47. The lowest BCUT2D eigenvalue weighted by atomic mass is 9.91. The third-order valence-electron chi connectivity index (χ3n) is 4.10. The minimum absolute atomic E-state index is 0.199. The van der Waals surface area contributed by atoms with Crippen LogP contribution in [0.3, 0.4) is 0 Å². The van der Waals surface area contributed by atoms with Crippen molar-refractivity contribution in [2.24, 2.45) is 11.8 Å². The molecule has 1 saturated heterocycles. The van der Waals surface area contributed by atoms with Crippen molar-refractivity contribution in [1.82, 2.24) is 4.90 Å². The molecule has 0 spiro atoms. The molecular weight excluding hydrogens is 312 g/mol. The van der Waals surface area contributed by atoms with Crippen LogP contribution < -0.4 is 5.32 Å². The smallest absolute Gasteiger partial charge is 0.321 e. The Kier molecular flexibility index (Phi) is 6.33. The van der Waals surface area contributed by atoms with Crippen molar-refractivity contribution >= 4 is 29.4 Å². The number of carboxylic acid groups (broad SMARTS) is 1. The van der Waals surface area contributed by atoms with Gasteiger partial charge in [0, 0.05) is 18.8 Å². The molecule has 1 fully saturated rings. The number of hydrogen-bond donors (Lipinski definition) is 2. The number of nitrogens with zero attached hydrogens (tertiary/aromatic N) is 1. The number of urea groups is 1. The highest BCUT2D eigenvalue weighted by atomic mass is 32.2. The van der Waals surface area contributed by atoms with E-state index in [-0.39, 0.29) is 18.5 Å². The molecule has 0 radical (unpaired) electrons. The Morgan fingerprint density at radius 3 is 2.61 bits per heavy atom. The van der Waals surface area contributed by atoms with Crippen molar-refractivity contribution in [3.8, 4) is 0 Å². The fraction of sp³-hybridized carbons (Fsp3) is 0.529. The van der Waals surface area contributed by atoms with Crippen LogP contribution in [0.15, 0.2) is 24.3 Å². The average Bonchev–Trinajstić information content (AvgIpc) is 2.53. The van der Waals surface area contributed by atoms with Crippen LogP contribution in [-0.2, 0) is 11.2 Å². The summed E-state index contributed by atoms with van der Waals surface area (Å²) in [6.07, 6.45) is 3.72. The van der Waals surface area contributed by atoms with E-state index in [1.54, 1.807) is 4.90 Å². The number of carbonyl (C=O) groups is 2. The largest absolute Gasteiger partial charge is 0.481 e. The number of likely N-dealkylation sites (tertiary alicyclic amines) is 1. The van der Waals surface area contributed by atoms with Gasteiger partial charge in [0.1, 0.15) is 0 Å². The van der Waals surface area contributed by atoms with Gasteiger partial charge in [-0.3, -0.25) is 4.79 Å². The van der Waals surface area contributed by atoms with Gasteiger partial charge in [0.25, 0.3) is 0 Å². The first-order chi connectivity index (χ1) is 11.0. The van der Waals surface area contributed by atoms with Crippen molar-refractivity contribution in [1.29, 1.82) is 0 Å². The number of carboxylic acids is 1. The number of aliphatic carboxylic acids is 1. The van der Waals surface area contributed by atoms with Gasteiger partial charge >= 0.3 is 12.0 Å². The monoisotopic (exact) mass is 336 g/mol. The van der Waals surface area contributed by atoms with Crippen LogP contribution in [0, 0.1) is 11.8 Å². The molecule has 1 heterocycles. The van der Waals surface area contributed by atoms with E-state index in [0.29, 0.717) is 13.0 Å². The number of hydrogen-bond acceptors (Lipinski definition) is 3. The maximum Gasteiger partial charge on any atom is 0.321 e. The quantitative estimate of drug-likeness (QED) is 0.866. The molecule has 2 atom stereocenters.